The lowest BCUT2D eigenvalue weighted by atomic mass is 9.99. The van der Waals surface area contributed by atoms with Crippen molar-refractivity contribution in [1.82, 2.24) is 10.2 Å². The van der Waals surface area contributed by atoms with Crippen molar-refractivity contribution < 1.29 is 9.59 Å². The van der Waals surface area contributed by atoms with Gasteiger partial charge in [-0.2, -0.15) is 0 Å². The molecule has 0 aliphatic heterocycles. The molecule has 0 unspecified atom stereocenters. The van der Waals surface area contributed by atoms with E-state index in [1.807, 2.05) is 0 Å². The van der Waals surface area contributed by atoms with Crippen LogP contribution in [-0.2, 0) is 9.59 Å². The normalized spacial score (nSPS) is 23.5. The molecule has 0 aromatic carbocycles. The molecule has 2 atom stereocenters. The van der Waals surface area contributed by atoms with Crippen molar-refractivity contribution >= 4 is 11.8 Å². The summed E-state index contributed by atoms with van der Waals surface area (Å²) in [4.78, 5) is 24.6. The Morgan fingerprint density at radius 1 is 1.41 bits per heavy atom. The van der Waals surface area contributed by atoms with Crippen LogP contribution in [0.4, 0.5) is 0 Å². The third kappa shape index (κ3) is 4.34. The Labute approximate surface area is 103 Å². The standard InChI is InChI=1S/C12H23N3O2/c1-14-11(16)6-7-15(2)12(17)8-9-4-3-5-10(9)13/h9-10H,3-8,13H2,1-2H3,(H,14,16)/t9-,10+/m0/s1. The van der Waals surface area contributed by atoms with E-state index in [2.05, 4.69) is 5.32 Å². The summed E-state index contributed by atoms with van der Waals surface area (Å²) in [5.41, 5.74) is 5.94. The van der Waals surface area contributed by atoms with Gasteiger partial charge in [-0.1, -0.05) is 6.42 Å². The van der Waals surface area contributed by atoms with E-state index in [0.29, 0.717) is 25.3 Å². The maximum atomic E-state index is 11.9. The lowest BCUT2D eigenvalue weighted by Crippen LogP contribution is -2.35. The number of rotatable bonds is 5. The summed E-state index contributed by atoms with van der Waals surface area (Å²) in [5.74, 6) is 0.378. The Balaban J connectivity index is 2.29. The minimum absolute atomic E-state index is 0.0396. The molecule has 5 heteroatoms. The Bertz CT molecular complexity index is 281. The molecule has 0 aromatic heterocycles. The molecule has 5 nitrogen and oxygen atoms in total. The van der Waals surface area contributed by atoms with Crippen LogP contribution in [0, 0.1) is 5.92 Å². The number of nitrogens with zero attached hydrogens (tertiary/aromatic N) is 1. The number of carbonyl (C=O) groups is 2. The first-order chi connectivity index (χ1) is 8.04. The molecular formula is C12H23N3O2. The van der Waals surface area contributed by atoms with Gasteiger partial charge in [0.15, 0.2) is 0 Å². The number of hydrogen-bond acceptors (Lipinski definition) is 3. The highest BCUT2D eigenvalue weighted by atomic mass is 16.2. The largest absolute Gasteiger partial charge is 0.359 e. The van der Waals surface area contributed by atoms with E-state index >= 15 is 0 Å². The first-order valence-corrected chi connectivity index (χ1v) is 6.24. The lowest BCUT2D eigenvalue weighted by molar-refractivity contribution is -0.131. The summed E-state index contributed by atoms with van der Waals surface area (Å²) >= 11 is 0. The second kappa shape index (κ2) is 6.59. The number of carbonyl (C=O) groups excluding carboxylic acids is 2. The first kappa shape index (κ1) is 14.0. The third-order valence-electron chi connectivity index (χ3n) is 3.53. The molecule has 17 heavy (non-hydrogen) atoms. The van der Waals surface area contributed by atoms with Gasteiger partial charge >= 0.3 is 0 Å². The molecule has 0 spiro atoms. The molecule has 1 aliphatic rings. The van der Waals surface area contributed by atoms with E-state index in [-0.39, 0.29) is 17.9 Å². The van der Waals surface area contributed by atoms with Gasteiger partial charge in [0.1, 0.15) is 0 Å². The molecule has 98 valence electrons. The van der Waals surface area contributed by atoms with Crippen molar-refractivity contribution in [3.05, 3.63) is 0 Å². The number of amides is 2. The molecule has 1 fully saturated rings. The molecular weight excluding hydrogens is 218 g/mol. The number of hydrogen-bond donors (Lipinski definition) is 2. The smallest absolute Gasteiger partial charge is 0.222 e. The van der Waals surface area contributed by atoms with Gasteiger partial charge in [-0.25, -0.2) is 0 Å². The van der Waals surface area contributed by atoms with E-state index < -0.39 is 0 Å². The number of nitrogens with two attached hydrogens (primary N) is 1. The summed E-state index contributed by atoms with van der Waals surface area (Å²) < 4.78 is 0. The highest BCUT2D eigenvalue weighted by Crippen LogP contribution is 2.27. The van der Waals surface area contributed by atoms with Crippen LogP contribution in [0.2, 0.25) is 0 Å². The van der Waals surface area contributed by atoms with E-state index in [9.17, 15) is 9.59 Å². The molecule has 0 heterocycles. The molecule has 2 amide bonds. The highest BCUT2D eigenvalue weighted by molar-refractivity contribution is 5.78. The van der Waals surface area contributed by atoms with Crippen LogP contribution in [0.25, 0.3) is 0 Å². The van der Waals surface area contributed by atoms with E-state index in [4.69, 9.17) is 5.73 Å². The highest BCUT2D eigenvalue weighted by Gasteiger charge is 2.27. The Morgan fingerprint density at radius 3 is 2.65 bits per heavy atom. The van der Waals surface area contributed by atoms with Crippen LogP contribution in [0.3, 0.4) is 0 Å². The second-order valence-electron chi connectivity index (χ2n) is 4.80. The van der Waals surface area contributed by atoms with E-state index in [1.165, 1.54) is 0 Å². The third-order valence-corrected chi connectivity index (χ3v) is 3.53. The van der Waals surface area contributed by atoms with Gasteiger partial charge in [0.05, 0.1) is 0 Å². The Hall–Kier alpha value is -1.10. The fourth-order valence-electron chi connectivity index (χ4n) is 2.22. The van der Waals surface area contributed by atoms with Gasteiger partial charge in [0.25, 0.3) is 0 Å². The average molecular weight is 241 g/mol. The summed E-state index contributed by atoms with van der Waals surface area (Å²) in [6.07, 6.45) is 4.08. The average Bonchev–Trinajstić information content (AvgIpc) is 2.71. The maximum Gasteiger partial charge on any atom is 0.222 e. The van der Waals surface area contributed by atoms with Crippen molar-refractivity contribution in [3.63, 3.8) is 0 Å². The predicted molar refractivity (Wildman–Crippen MR) is 66.3 cm³/mol. The fourth-order valence-corrected chi connectivity index (χ4v) is 2.22. The van der Waals surface area contributed by atoms with Crippen LogP contribution in [0.15, 0.2) is 0 Å². The van der Waals surface area contributed by atoms with Gasteiger partial charge < -0.3 is 16.0 Å². The lowest BCUT2D eigenvalue weighted by Gasteiger charge is -2.20. The molecule has 1 saturated carbocycles. The van der Waals surface area contributed by atoms with E-state index in [0.717, 1.165) is 19.3 Å². The van der Waals surface area contributed by atoms with Gasteiger partial charge in [0, 0.05) is 39.5 Å². The zero-order valence-corrected chi connectivity index (χ0v) is 10.7. The minimum atomic E-state index is -0.0396. The molecule has 1 aliphatic carbocycles. The molecule has 0 radical (unpaired) electrons. The summed E-state index contributed by atoms with van der Waals surface area (Å²) in [6.45, 7) is 0.473. The summed E-state index contributed by atoms with van der Waals surface area (Å²) in [5, 5.41) is 2.54. The second-order valence-corrected chi connectivity index (χ2v) is 4.80. The van der Waals surface area contributed by atoms with Gasteiger partial charge in [-0.15, -0.1) is 0 Å². The van der Waals surface area contributed by atoms with Crippen molar-refractivity contribution in [3.8, 4) is 0 Å². The zero-order valence-electron chi connectivity index (χ0n) is 10.7. The predicted octanol–water partition coefficient (Wildman–Crippen LogP) is 0.0984. The zero-order chi connectivity index (χ0) is 12.8. The molecule has 3 N–H and O–H groups in total. The van der Waals surface area contributed by atoms with Crippen LogP contribution in [0.1, 0.15) is 32.1 Å². The molecule has 0 aromatic rings. The summed E-state index contributed by atoms with van der Waals surface area (Å²) in [7, 11) is 3.34. The van der Waals surface area contributed by atoms with Crippen molar-refractivity contribution in [2.24, 2.45) is 11.7 Å². The molecule has 1 rings (SSSR count). The Morgan fingerprint density at radius 2 is 2.12 bits per heavy atom. The maximum absolute atomic E-state index is 11.9. The van der Waals surface area contributed by atoms with Gasteiger partial charge in [-0.05, 0) is 18.8 Å². The van der Waals surface area contributed by atoms with Crippen LogP contribution in [-0.4, -0.2) is 43.4 Å². The van der Waals surface area contributed by atoms with Crippen LogP contribution < -0.4 is 11.1 Å². The fraction of sp³-hybridized carbons (Fsp3) is 0.833. The summed E-state index contributed by atoms with van der Waals surface area (Å²) in [6, 6.07) is 0.172. The van der Waals surface area contributed by atoms with Crippen molar-refractivity contribution in [2.75, 3.05) is 20.6 Å². The van der Waals surface area contributed by atoms with Gasteiger partial charge in [0.2, 0.25) is 11.8 Å². The molecule has 0 saturated heterocycles. The quantitative estimate of drug-likeness (QED) is 0.716. The Kier molecular flexibility index (Phi) is 5.41. The van der Waals surface area contributed by atoms with Crippen molar-refractivity contribution in [1.29, 1.82) is 0 Å². The first-order valence-electron chi connectivity index (χ1n) is 6.24. The van der Waals surface area contributed by atoms with E-state index in [1.54, 1.807) is 19.0 Å². The number of nitrogens with one attached hydrogen (secondary N) is 1. The monoisotopic (exact) mass is 241 g/mol. The van der Waals surface area contributed by atoms with Crippen LogP contribution in [0.5, 0.6) is 0 Å². The molecule has 0 bridgehead atoms. The topological polar surface area (TPSA) is 75.4 Å². The SMILES string of the molecule is CNC(=O)CCN(C)C(=O)C[C@@H]1CCC[C@H]1N. The minimum Gasteiger partial charge on any atom is -0.359 e. The van der Waals surface area contributed by atoms with Gasteiger partial charge in [-0.3, -0.25) is 9.59 Å². The van der Waals surface area contributed by atoms with Crippen molar-refractivity contribution in [2.45, 2.75) is 38.1 Å². The van der Waals surface area contributed by atoms with Crippen LogP contribution >= 0.6 is 0 Å².